The van der Waals surface area contributed by atoms with Gasteiger partial charge in [-0.1, -0.05) is 74.8 Å². The number of hydrogen-bond donors (Lipinski definition) is 2. The van der Waals surface area contributed by atoms with Crippen molar-refractivity contribution >= 4 is 5.97 Å². The van der Waals surface area contributed by atoms with E-state index in [0.29, 0.717) is 13.0 Å². The number of allylic oxidation sites excluding steroid dienone is 8. The standard InChI is InChI=1S/C24H41NO2/c1-2-3-4-5-6-7-8-9-10-11-12-13-14-15-16-17-18-19-20-23(21-22-25)24(26)27/h6-7,9-10,12-13,15-16,23H,2-5,8,11,14,17-22,25H2,1H3,(H,26,27). The number of carboxylic acids is 1. The van der Waals surface area contributed by atoms with E-state index in [1.165, 1.54) is 25.7 Å². The first-order valence-corrected chi connectivity index (χ1v) is 10.7. The minimum Gasteiger partial charge on any atom is -0.481 e. The second kappa shape index (κ2) is 20.7. The molecular weight excluding hydrogens is 334 g/mol. The molecule has 0 bridgehead atoms. The molecule has 0 aliphatic carbocycles. The largest absolute Gasteiger partial charge is 0.481 e. The van der Waals surface area contributed by atoms with Crippen LogP contribution in [0.3, 0.4) is 0 Å². The quantitative estimate of drug-likeness (QED) is 0.210. The van der Waals surface area contributed by atoms with E-state index in [9.17, 15) is 4.79 Å². The van der Waals surface area contributed by atoms with Crippen molar-refractivity contribution in [1.82, 2.24) is 0 Å². The Kier molecular flexibility index (Phi) is 19.5. The van der Waals surface area contributed by atoms with Gasteiger partial charge in [0.2, 0.25) is 0 Å². The van der Waals surface area contributed by atoms with E-state index in [0.717, 1.165) is 44.9 Å². The Hall–Kier alpha value is -1.61. The fourth-order valence-electron chi connectivity index (χ4n) is 2.81. The summed E-state index contributed by atoms with van der Waals surface area (Å²) in [7, 11) is 0. The number of carboxylic acid groups (broad SMARTS) is 1. The molecule has 0 spiro atoms. The first kappa shape index (κ1) is 25.4. The van der Waals surface area contributed by atoms with E-state index < -0.39 is 5.97 Å². The van der Waals surface area contributed by atoms with Crippen LogP contribution in [-0.2, 0) is 4.79 Å². The molecule has 0 fully saturated rings. The van der Waals surface area contributed by atoms with E-state index in [1.54, 1.807) is 0 Å². The van der Waals surface area contributed by atoms with Crippen LogP contribution in [0.4, 0.5) is 0 Å². The second-order valence-corrected chi connectivity index (χ2v) is 6.99. The van der Waals surface area contributed by atoms with Gasteiger partial charge >= 0.3 is 5.97 Å². The third-order valence-electron chi connectivity index (χ3n) is 4.50. The van der Waals surface area contributed by atoms with Crippen molar-refractivity contribution in [2.45, 2.75) is 84.0 Å². The van der Waals surface area contributed by atoms with Gasteiger partial charge in [-0.15, -0.1) is 0 Å². The number of aliphatic carboxylic acids is 1. The third-order valence-corrected chi connectivity index (χ3v) is 4.50. The topological polar surface area (TPSA) is 63.3 Å². The minimum atomic E-state index is -0.710. The Balaban J connectivity index is 3.54. The molecule has 3 N–H and O–H groups in total. The molecule has 0 aliphatic heterocycles. The van der Waals surface area contributed by atoms with Crippen molar-refractivity contribution in [1.29, 1.82) is 0 Å². The molecule has 3 nitrogen and oxygen atoms in total. The Morgan fingerprint density at radius 2 is 1.26 bits per heavy atom. The molecular formula is C24H41NO2. The van der Waals surface area contributed by atoms with Gasteiger partial charge in [-0.25, -0.2) is 0 Å². The summed E-state index contributed by atoms with van der Waals surface area (Å²) in [6.07, 6.45) is 30.3. The zero-order valence-corrected chi connectivity index (χ0v) is 17.3. The molecule has 0 aromatic heterocycles. The fraction of sp³-hybridized carbons (Fsp3) is 0.625. The molecule has 0 saturated carbocycles. The van der Waals surface area contributed by atoms with Crippen molar-refractivity contribution in [3.63, 3.8) is 0 Å². The Morgan fingerprint density at radius 3 is 1.70 bits per heavy atom. The van der Waals surface area contributed by atoms with Gasteiger partial charge in [0, 0.05) is 0 Å². The molecule has 0 aromatic carbocycles. The molecule has 0 saturated heterocycles. The van der Waals surface area contributed by atoms with Crippen LogP contribution in [0.25, 0.3) is 0 Å². The van der Waals surface area contributed by atoms with Crippen LogP contribution >= 0.6 is 0 Å². The second-order valence-electron chi connectivity index (χ2n) is 6.99. The van der Waals surface area contributed by atoms with Crippen molar-refractivity contribution in [2.75, 3.05) is 6.54 Å². The summed E-state index contributed by atoms with van der Waals surface area (Å²) in [6, 6.07) is 0. The van der Waals surface area contributed by atoms with Gasteiger partial charge in [0.1, 0.15) is 0 Å². The molecule has 3 heteroatoms. The van der Waals surface area contributed by atoms with Crippen molar-refractivity contribution < 1.29 is 9.90 Å². The highest BCUT2D eigenvalue weighted by atomic mass is 16.4. The first-order valence-electron chi connectivity index (χ1n) is 10.7. The SMILES string of the molecule is CCCCCC=CCC=CCC=CCC=CCCCCC(CCN)C(=O)O. The van der Waals surface area contributed by atoms with Crippen LogP contribution in [0, 0.1) is 5.92 Å². The maximum absolute atomic E-state index is 11.0. The molecule has 0 aromatic rings. The summed E-state index contributed by atoms with van der Waals surface area (Å²) in [6.45, 7) is 2.69. The number of carbonyl (C=O) groups is 1. The summed E-state index contributed by atoms with van der Waals surface area (Å²) in [5, 5.41) is 9.06. The summed E-state index contributed by atoms with van der Waals surface area (Å²) in [5.41, 5.74) is 5.45. The van der Waals surface area contributed by atoms with Crippen LogP contribution in [0.1, 0.15) is 84.0 Å². The lowest BCUT2D eigenvalue weighted by Crippen LogP contribution is -2.17. The summed E-state index contributed by atoms with van der Waals surface area (Å²) in [4.78, 5) is 11.0. The molecule has 27 heavy (non-hydrogen) atoms. The number of rotatable bonds is 18. The van der Waals surface area contributed by atoms with Crippen LogP contribution in [0.2, 0.25) is 0 Å². The van der Waals surface area contributed by atoms with E-state index in [1.807, 2.05) is 0 Å². The number of hydrogen-bond acceptors (Lipinski definition) is 2. The van der Waals surface area contributed by atoms with Gasteiger partial charge < -0.3 is 10.8 Å². The van der Waals surface area contributed by atoms with Gasteiger partial charge in [-0.2, -0.15) is 0 Å². The predicted molar refractivity (Wildman–Crippen MR) is 118 cm³/mol. The summed E-state index contributed by atoms with van der Waals surface area (Å²) in [5.74, 6) is -0.982. The van der Waals surface area contributed by atoms with E-state index >= 15 is 0 Å². The molecule has 0 amide bonds. The first-order chi connectivity index (χ1) is 13.2. The van der Waals surface area contributed by atoms with Gasteiger partial charge in [0.25, 0.3) is 0 Å². The maximum atomic E-state index is 11.0. The lowest BCUT2D eigenvalue weighted by Gasteiger charge is -2.09. The molecule has 1 atom stereocenters. The summed E-state index contributed by atoms with van der Waals surface area (Å²) < 4.78 is 0. The molecule has 0 aliphatic rings. The average molecular weight is 376 g/mol. The zero-order chi connectivity index (χ0) is 20.0. The highest BCUT2D eigenvalue weighted by molar-refractivity contribution is 5.69. The van der Waals surface area contributed by atoms with Crippen LogP contribution in [-0.4, -0.2) is 17.6 Å². The highest BCUT2D eigenvalue weighted by Gasteiger charge is 2.15. The molecule has 0 heterocycles. The zero-order valence-electron chi connectivity index (χ0n) is 17.3. The highest BCUT2D eigenvalue weighted by Crippen LogP contribution is 2.13. The Morgan fingerprint density at radius 1 is 0.778 bits per heavy atom. The number of unbranched alkanes of at least 4 members (excludes halogenated alkanes) is 5. The van der Waals surface area contributed by atoms with Crippen LogP contribution in [0.5, 0.6) is 0 Å². The van der Waals surface area contributed by atoms with Crippen molar-refractivity contribution in [3.8, 4) is 0 Å². The monoisotopic (exact) mass is 375 g/mol. The Bertz CT molecular complexity index is 449. The molecule has 0 radical (unpaired) electrons. The van der Waals surface area contributed by atoms with E-state index in [2.05, 4.69) is 55.5 Å². The van der Waals surface area contributed by atoms with Gasteiger partial charge in [0.05, 0.1) is 5.92 Å². The van der Waals surface area contributed by atoms with Crippen molar-refractivity contribution in [3.05, 3.63) is 48.6 Å². The average Bonchev–Trinajstić information content (AvgIpc) is 2.66. The Labute approximate surface area is 167 Å². The van der Waals surface area contributed by atoms with Gasteiger partial charge in [0.15, 0.2) is 0 Å². The lowest BCUT2D eigenvalue weighted by atomic mass is 9.98. The van der Waals surface area contributed by atoms with Crippen LogP contribution in [0.15, 0.2) is 48.6 Å². The molecule has 0 rings (SSSR count). The van der Waals surface area contributed by atoms with E-state index in [4.69, 9.17) is 10.8 Å². The smallest absolute Gasteiger partial charge is 0.306 e. The number of nitrogens with two attached hydrogens (primary N) is 1. The van der Waals surface area contributed by atoms with Crippen LogP contribution < -0.4 is 5.73 Å². The molecule has 1 unspecified atom stereocenters. The van der Waals surface area contributed by atoms with Crippen molar-refractivity contribution in [2.24, 2.45) is 11.7 Å². The third kappa shape index (κ3) is 19.0. The fourth-order valence-corrected chi connectivity index (χ4v) is 2.81. The van der Waals surface area contributed by atoms with Gasteiger partial charge in [-0.3, -0.25) is 4.79 Å². The normalized spacial score (nSPS) is 13.6. The minimum absolute atomic E-state index is 0.272. The maximum Gasteiger partial charge on any atom is 0.306 e. The lowest BCUT2D eigenvalue weighted by molar-refractivity contribution is -0.142. The predicted octanol–water partition coefficient (Wildman–Crippen LogP) is 6.57. The van der Waals surface area contributed by atoms with E-state index in [-0.39, 0.29) is 5.92 Å². The molecule has 154 valence electrons. The van der Waals surface area contributed by atoms with Gasteiger partial charge in [-0.05, 0) is 64.3 Å². The summed E-state index contributed by atoms with van der Waals surface area (Å²) >= 11 is 0.